The molecule has 2 amide bonds. The van der Waals surface area contributed by atoms with Crippen molar-refractivity contribution in [1.29, 1.82) is 0 Å². The molecule has 0 N–H and O–H groups in total. The van der Waals surface area contributed by atoms with E-state index in [-0.39, 0.29) is 6.03 Å². The van der Waals surface area contributed by atoms with Gasteiger partial charge < -0.3 is 4.90 Å². The molecule has 1 fully saturated rings. The standard InChI is InChI=1S/C20H15ClF3N3O/c21-18-9-15(22)2-1-13(18)5-12-10-26(11-12)20(28)27-19(3-4-25-27)14-6-16(23)8-17(24)7-14/h1-2,4-9,19H,3,10-11H2. The molecule has 4 rings (SSSR count). The number of carbonyl (C=O) groups excluding carboxylic acids is 1. The minimum atomic E-state index is -0.695. The van der Waals surface area contributed by atoms with Crippen LogP contribution >= 0.6 is 11.6 Å². The van der Waals surface area contributed by atoms with E-state index in [1.165, 1.54) is 29.3 Å². The molecular formula is C20H15ClF3N3O. The Morgan fingerprint density at radius 2 is 1.79 bits per heavy atom. The predicted octanol–water partition coefficient (Wildman–Crippen LogP) is 5.01. The average molecular weight is 406 g/mol. The minimum Gasteiger partial charge on any atom is -0.315 e. The lowest BCUT2D eigenvalue weighted by molar-refractivity contribution is 0.136. The highest BCUT2D eigenvalue weighted by Gasteiger charge is 2.35. The smallest absolute Gasteiger partial charge is 0.315 e. The maximum Gasteiger partial charge on any atom is 0.341 e. The van der Waals surface area contributed by atoms with Crippen LogP contribution in [0.5, 0.6) is 0 Å². The molecule has 2 heterocycles. The van der Waals surface area contributed by atoms with Gasteiger partial charge in [-0.15, -0.1) is 0 Å². The van der Waals surface area contributed by atoms with E-state index in [2.05, 4.69) is 5.10 Å². The summed E-state index contributed by atoms with van der Waals surface area (Å²) in [5, 5.41) is 5.62. The quantitative estimate of drug-likeness (QED) is 0.692. The van der Waals surface area contributed by atoms with Gasteiger partial charge in [0.2, 0.25) is 0 Å². The first-order valence-electron chi connectivity index (χ1n) is 8.62. The Bertz CT molecular complexity index is 980. The molecular weight excluding hydrogens is 391 g/mol. The first kappa shape index (κ1) is 18.6. The van der Waals surface area contributed by atoms with Gasteiger partial charge in [-0.05, 0) is 41.0 Å². The fraction of sp³-hybridized carbons (Fsp3) is 0.200. The third kappa shape index (κ3) is 3.62. The van der Waals surface area contributed by atoms with Gasteiger partial charge in [0, 0.05) is 31.8 Å². The van der Waals surface area contributed by atoms with E-state index in [1.807, 2.05) is 6.08 Å². The third-order valence-corrected chi connectivity index (χ3v) is 5.00. The molecule has 2 aliphatic rings. The number of amides is 2. The van der Waals surface area contributed by atoms with Crippen molar-refractivity contribution in [3.63, 3.8) is 0 Å². The van der Waals surface area contributed by atoms with E-state index in [0.29, 0.717) is 35.7 Å². The summed E-state index contributed by atoms with van der Waals surface area (Å²) in [5.74, 6) is -1.80. The molecule has 0 spiro atoms. The van der Waals surface area contributed by atoms with Gasteiger partial charge in [-0.2, -0.15) is 5.10 Å². The molecule has 1 unspecified atom stereocenters. The van der Waals surface area contributed by atoms with Crippen LogP contribution in [0, 0.1) is 17.5 Å². The number of hydrogen-bond acceptors (Lipinski definition) is 2. The number of halogens is 4. The first-order valence-corrected chi connectivity index (χ1v) is 8.99. The van der Waals surface area contributed by atoms with Crippen molar-refractivity contribution in [2.45, 2.75) is 12.5 Å². The summed E-state index contributed by atoms with van der Waals surface area (Å²) in [7, 11) is 0. The molecule has 1 saturated heterocycles. The monoisotopic (exact) mass is 405 g/mol. The van der Waals surface area contributed by atoms with Gasteiger partial charge in [-0.25, -0.2) is 23.0 Å². The van der Waals surface area contributed by atoms with Crippen molar-refractivity contribution in [2.75, 3.05) is 13.1 Å². The van der Waals surface area contributed by atoms with Crippen LogP contribution in [0.2, 0.25) is 5.02 Å². The van der Waals surface area contributed by atoms with Crippen LogP contribution in [0.4, 0.5) is 18.0 Å². The second-order valence-electron chi connectivity index (χ2n) is 6.70. The second-order valence-corrected chi connectivity index (χ2v) is 7.11. The molecule has 0 bridgehead atoms. The van der Waals surface area contributed by atoms with Gasteiger partial charge in [0.05, 0.1) is 11.1 Å². The number of urea groups is 1. The van der Waals surface area contributed by atoms with Crippen molar-refractivity contribution in [3.05, 3.63) is 75.6 Å². The average Bonchev–Trinajstić information content (AvgIpc) is 3.07. The normalized spacial score (nSPS) is 18.4. The van der Waals surface area contributed by atoms with E-state index < -0.39 is 23.5 Å². The molecule has 8 heteroatoms. The highest BCUT2D eigenvalue weighted by atomic mass is 35.5. The lowest BCUT2D eigenvalue weighted by Gasteiger charge is -2.37. The molecule has 0 aromatic heterocycles. The van der Waals surface area contributed by atoms with E-state index >= 15 is 0 Å². The minimum absolute atomic E-state index is 0.301. The summed E-state index contributed by atoms with van der Waals surface area (Å²) in [5.41, 5.74) is 1.99. The lowest BCUT2D eigenvalue weighted by atomic mass is 10.0. The summed E-state index contributed by atoms with van der Waals surface area (Å²) in [4.78, 5) is 14.3. The largest absolute Gasteiger partial charge is 0.341 e. The Kier molecular flexibility index (Phi) is 4.85. The molecule has 144 valence electrons. The molecule has 28 heavy (non-hydrogen) atoms. The van der Waals surface area contributed by atoms with Gasteiger partial charge >= 0.3 is 6.03 Å². The Morgan fingerprint density at radius 3 is 2.46 bits per heavy atom. The Labute approximate surface area is 164 Å². The molecule has 1 atom stereocenters. The van der Waals surface area contributed by atoms with Crippen LogP contribution in [0.25, 0.3) is 6.08 Å². The van der Waals surface area contributed by atoms with Gasteiger partial charge in [-0.1, -0.05) is 23.7 Å². The molecule has 2 aromatic carbocycles. The number of rotatable bonds is 2. The number of benzene rings is 2. The highest BCUT2D eigenvalue weighted by Crippen LogP contribution is 2.32. The summed E-state index contributed by atoms with van der Waals surface area (Å²) >= 11 is 6.02. The van der Waals surface area contributed by atoms with Gasteiger partial charge in [0.1, 0.15) is 17.5 Å². The molecule has 0 radical (unpaired) electrons. The summed E-state index contributed by atoms with van der Waals surface area (Å²) in [6.45, 7) is 0.756. The fourth-order valence-corrected chi connectivity index (χ4v) is 3.52. The zero-order valence-electron chi connectivity index (χ0n) is 14.6. The van der Waals surface area contributed by atoms with Crippen molar-refractivity contribution >= 4 is 29.9 Å². The number of nitrogens with zero attached hydrogens (tertiary/aromatic N) is 3. The van der Waals surface area contributed by atoms with Gasteiger partial charge in [-0.3, -0.25) is 0 Å². The number of likely N-dealkylation sites (tertiary alicyclic amines) is 1. The zero-order chi connectivity index (χ0) is 19.8. The highest BCUT2D eigenvalue weighted by molar-refractivity contribution is 6.32. The van der Waals surface area contributed by atoms with Crippen LogP contribution in [0.3, 0.4) is 0 Å². The SMILES string of the molecule is O=C(N1CC(=Cc2ccc(F)cc2Cl)C1)N1N=CCC1c1cc(F)cc(F)c1. The summed E-state index contributed by atoms with van der Waals surface area (Å²) < 4.78 is 40.2. The predicted molar refractivity (Wildman–Crippen MR) is 100 cm³/mol. The Hall–Kier alpha value is -2.80. The van der Waals surface area contributed by atoms with Crippen molar-refractivity contribution in [2.24, 2.45) is 5.10 Å². The van der Waals surface area contributed by atoms with E-state index in [4.69, 9.17) is 11.6 Å². The summed E-state index contributed by atoms with van der Waals surface area (Å²) in [6, 6.07) is 6.45. The maximum absolute atomic E-state index is 13.5. The van der Waals surface area contributed by atoms with E-state index in [0.717, 1.165) is 11.6 Å². The van der Waals surface area contributed by atoms with Crippen LogP contribution in [0.15, 0.2) is 47.1 Å². The van der Waals surface area contributed by atoms with Crippen LogP contribution in [-0.2, 0) is 0 Å². The molecule has 0 aliphatic carbocycles. The fourth-order valence-electron chi connectivity index (χ4n) is 3.30. The second kappa shape index (κ2) is 7.31. The van der Waals surface area contributed by atoms with Crippen molar-refractivity contribution in [1.82, 2.24) is 9.91 Å². The van der Waals surface area contributed by atoms with E-state index in [9.17, 15) is 18.0 Å². The molecule has 2 aliphatic heterocycles. The van der Waals surface area contributed by atoms with Crippen LogP contribution in [-0.4, -0.2) is 35.2 Å². The number of hydrogen-bond donors (Lipinski definition) is 0. The van der Waals surface area contributed by atoms with Crippen LogP contribution in [0.1, 0.15) is 23.6 Å². The molecule has 2 aromatic rings. The zero-order valence-corrected chi connectivity index (χ0v) is 15.3. The Morgan fingerprint density at radius 1 is 1.07 bits per heavy atom. The van der Waals surface area contributed by atoms with Gasteiger partial charge in [0.15, 0.2) is 0 Å². The maximum atomic E-state index is 13.5. The van der Waals surface area contributed by atoms with Crippen LogP contribution < -0.4 is 0 Å². The summed E-state index contributed by atoms with van der Waals surface area (Å²) in [6.07, 6.45) is 3.76. The molecule has 0 saturated carbocycles. The van der Waals surface area contributed by atoms with Crippen molar-refractivity contribution in [3.8, 4) is 0 Å². The number of carbonyl (C=O) groups is 1. The number of hydrazone groups is 1. The lowest BCUT2D eigenvalue weighted by Crippen LogP contribution is -2.49. The van der Waals surface area contributed by atoms with Gasteiger partial charge in [0.25, 0.3) is 0 Å². The van der Waals surface area contributed by atoms with E-state index in [1.54, 1.807) is 17.2 Å². The topological polar surface area (TPSA) is 35.9 Å². The van der Waals surface area contributed by atoms with Crippen molar-refractivity contribution < 1.29 is 18.0 Å². The molecule has 4 nitrogen and oxygen atoms in total. The first-order chi connectivity index (χ1) is 13.4. The third-order valence-electron chi connectivity index (χ3n) is 4.68. The Balaban J connectivity index is 1.45.